The lowest BCUT2D eigenvalue weighted by molar-refractivity contribution is -0.255. The van der Waals surface area contributed by atoms with Crippen LogP contribution in [0.5, 0.6) is 0 Å². The van der Waals surface area contributed by atoms with Gasteiger partial charge in [0.05, 0.1) is 167 Å². The van der Waals surface area contributed by atoms with Crippen LogP contribution in [0.1, 0.15) is 219 Å². The van der Waals surface area contributed by atoms with Gasteiger partial charge in [0, 0.05) is 98.3 Å². The van der Waals surface area contributed by atoms with Gasteiger partial charge in [0.2, 0.25) is 25.5 Å². The molecule has 0 aromatic heterocycles. The Kier molecular flexibility index (Phi) is 75.4. The molecule has 3 fully saturated rings. The predicted octanol–water partition coefficient (Wildman–Crippen LogP) is 17.6. The first-order valence-corrected chi connectivity index (χ1v) is 55.5. The highest BCUT2D eigenvalue weighted by Crippen LogP contribution is 2.52. The van der Waals surface area contributed by atoms with Crippen LogP contribution in [0.3, 0.4) is 0 Å². The molecule has 802 valence electrons. The van der Waals surface area contributed by atoms with Crippen molar-refractivity contribution in [1.82, 2.24) is 5.32 Å². The number of esters is 3. The van der Waals surface area contributed by atoms with Crippen LogP contribution in [-0.4, -0.2) is 291 Å². The van der Waals surface area contributed by atoms with Crippen molar-refractivity contribution < 1.29 is 162 Å². The minimum Gasteiger partial charge on any atom is -0.463 e. The summed E-state index contributed by atoms with van der Waals surface area (Å²) in [5.74, 6) is -0.602. The maximum absolute atomic E-state index is 15.0. The maximum atomic E-state index is 15.0. The molecule has 3 aliphatic heterocycles. The van der Waals surface area contributed by atoms with E-state index in [2.05, 4.69) is 61.4 Å². The minimum absolute atomic E-state index is 0.0263. The van der Waals surface area contributed by atoms with E-state index in [4.69, 9.17) is 159 Å². The second kappa shape index (κ2) is 81.1. The summed E-state index contributed by atoms with van der Waals surface area (Å²) >= 11 is 0. The van der Waals surface area contributed by atoms with Gasteiger partial charge in [0.15, 0.2) is 18.9 Å². The van der Waals surface area contributed by atoms with Gasteiger partial charge >= 0.3 is 59.4 Å². The highest BCUT2D eigenvalue weighted by atomic mass is 31.2. The fraction of sp³-hybridized carbons (Fsp3) is 0.903. The lowest BCUT2D eigenvalue weighted by atomic mass is 9.79. The SMILES string of the molecule is [C-]#[N+]CCOP(OCCCCCCO[C@@H]1OC(COC(C)=O)[C@H](C)[C@H](C)C1C)OCCCOCC(COCCCOP(OCCCCCCO[C@@H]1OC(COC(C)=O)[C@H](C)[C@H](C)C1C)OCC[N+]#[C-])(COCCCOP(OCCCCCCO[C@@H]1OC(COC(C)=O)[C@H](C)[C@H](C)C1NC(C)=O)OCC[N+]#[C-])COP(=O)(OCCC#N)OCCCOCC(COCCC)COP(=O)(OCC)OCCC#N. The van der Waals surface area contributed by atoms with Gasteiger partial charge in [-0.25, -0.2) is 28.8 Å². The molecule has 0 aromatic rings. The molecule has 41 nitrogen and oxygen atoms in total. The third kappa shape index (κ3) is 60.2. The minimum atomic E-state index is -4.57. The Bertz CT molecular complexity index is 3410. The first-order chi connectivity index (χ1) is 67.1. The number of carbonyl (C=O) groups is 4. The topological polar surface area (TPSA) is 443 Å². The predicted molar refractivity (Wildman–Crippen MR) is 515 cm³/mol. The molecule has 1 amide bonds. The molecule has 3 rings (SSSR count). The van der Waals surface area contributed by atoms with Gasteiger partial charge in [-0.3, -0.25) is 46.3 Å². The number of phosphoric ester groups is 2. The Balaban J connectivity index is 1.88. The second-order valence-corrected chi connectivity index (χ2v) is 41.6. The first kappa shape index (κ1) is 129. The summed E-state index contributed by atoms with van der Waals surface area (Å²) in [6.45, 7) is 51.1. The van der Waals surface area contributed by atoms with E-state index in [1.54, 1.807) is 6.92 Å². The number of nitrogens with zero attached hydrogens (tertiary/aromatic N) is 5. The number of nitriles is 2. The third-order valence-electron chi connectivity index (χ3n) is 23.1. The van der Waals surface area contributed by atoms with Crippen LogP contribution in [-0.2, 0) is 162 Å². The highest BCUT2D eigenvalue weighted by Gasteiger charge is 2.46. The Morgan fingerprint density at radius 1 is 0.367 bits per heavy atom. The van der Waals surface area contributed by atoms with Crippen molar-refractivity contribution in [3.63, 3.8) is 0 Å². The average Bonchev–Trinajstić information content (AvgIpc) is 0.683. The summed E-state index contributed by atoms with van der Waals surface area (Å²) in [4.78, 5) is 57.5. The van der Waals surface area contributed by atoms with Crippen molar-refractivity contribution in [3.8, 4) is 12.1 Å². The highest BCUT2D eigenvalue weighted by molar-refractivity contribution is 7.48. The molecule has 0 bridgehead atoms. The van der Waals surface area contributed by atoms with Crippen molar-refractivity contribution >= 4 is 65.3 Å². The fourth-order valence-corrected chi connectivity index (χ4v) is 19.8. The van der Waals surface area contributed by atoms with Gasteiger partial charge in [0.1, 0.15) is 39.6 Å². The summed E-state index contributed by atoms with van der Waals surface area (Å²) in [7, 11) is -14.2. The lowest BCUT2D eigenvalue weighted by Gasteiger charge is -2.44. The number of rotatable bonds is 89. The van der Waals surface area contributed by atoms with Crippen molar-refractivity contribution in [1.29, 1.82) is 10.5 Å². The molecule has 0 aromatic carbocycles. The zero-order valence-electron chi connectivity index (χ0n) is 85.0. The van der Waals surface area contributed by atoms with Crippen LogP contribution in [0, 0.1) is 101 Å². The van der Waals surface area contributed by atoms with Crippen LogP contribution in [0.4, 0.5) is 0 Å². The second-order valence-electron chi connectivity index (χ2n) is 34.6. The molecule has 139 heavy (non-hydrogen) atoms. The van der Waals surface area contributed by atoms with Gasteiger partial charge in [-0.15, -0.1) is 0 Å². The van der Waals surface area contributed by atoms with E-state index in [1.807, 2.05) is 32.9 Å². The summed E-state index contributed by atoms with van der Waals surface area (Å²) in [5.41, 5.74) is -1.30. The largest absolute Gasteiger partial charge is 0.474 e. The molecule has 0 saturated carbocycles. The van der Waals surface area contributed by atoms with Gasteiger partial charge < -0.3 is 127 Å². The van der Waals surface area contributed by atoms with E-state index in [0.29, 0.717) is 103 Å². The van der Waals surface area contributed by atoms with Gasteiger partial charge in [-0.05, 0) is 113 Å². The van der Waals surface area contributed by atoms with E-state index < -0.39 is 96.4 Å². The van der Waals surface area contributed by atoms with Crippen molar-refractivity contribution in [2.75, 3.05) is 224 Å². The summed E-state index contributed by atoms with van der Waals surface area (Å²) in [5, 5.41) is 21.7. The van der Waals surface area contributed by atoms with E-state index in [9.17, 15) is 29.0 Å². The summed E-state index contributed by atoms with van der Waals surface area (Å²) < 4.78 is 203. The third-order valence-corrected chi connectivity index (χ3v) is 29.6. The number of ether oxygens (including phenoxy) is 14. The number of hydrogen-bond acceptors (Lipinski definition) is 37. The monoisotopic (exact) mass is 2080 g/mol. The molecule has 46 heteroatoms. The summed E-state index contributed by atoms with van der Waals surface area (Å²) in [6, 6.07) is 3.54. The Morgan fingerprint density at radius 2 is 0.698 bits per heavy atom. The molecule has 12 unspecified atom stereocenters. The van der Waals surface area contributed by atoms with Gasteiger partial charge in [-0.1, -0.05) is 101 Å². The quantitative estimate of drug-likeness (QED) is 0.0194. The number of amides is 1. The van der Waals surface area contributed by atoms with Crippen LogP contribution >= 0.6 is 41.5 Å². The Labute approximate surface area is 831 Å². The zero-order chi connectivity index (χ0) is 102. The molecule has 0 radical (unpaired) electrons. The molecule has 3 saturated heterocycles. The lowest BCUT2D eigenvalue weighted by Crippen LogP contribution is -2.58. The molecule has 0 aliphatic carbocycles. The number of unbranched alkanes of at least 4 members (excludes halogenated alkanes) is 9. The molecule has 3 aliphatic rings. The molecular weight excluding hydrogens is 1920 g/mol. The zero-order valence-corrected chi connectivity index (χ0v) is 89.4. The number of hydrogen-bond donors (Lipinski definition) is 1. The Morgan fingerprint density at radius 3 is 1.06 bits per heavy atom. The molecule has 0 spiro atoms. The van der Waals surface area contributed by atoms with Crippen molar-refractivity contribution in [2.24, 2.45) is 58.7 Å². The molecule has 21 atom stereocenters. The van der Waals surface area contributed by atoms with E-state index >= 15 is 4.57 Å². The van der Waals surface area contributed by atoms with Crippen LogP contribution in [0.2, 0.25) is 0 Å². The van der Waals surface area contributed by atoms with Crippen LogP contribution in [0.25, 0.3) is 14.5 Å². The van der Waals surface area contributed by atoms with Crippen molar-refractivity contribution in [2.45, 2.75) is 262 Å². The van der Waals surface area contributed by atoms with E-state index in [0.717, 1.165) is 57.8 Å². The Hall–Kier alpha value is -3.96. The van der Waals surface area contributed by atoms with E-state index in [-0.39, 0.29) is 256 Å². The molecular formula is C93H165N6O35P5. The van der Waals surface area contributed by atoms with Crippen molar-refractivity contribution in [3.05, 3.63) is 34.3 Å². The van der Waals surface area contributed by atoms with Crippen LogP contribution in [0.15, 0.2) is 0 Å². The number of phosphoric acid groups is 2. The number of nitrogens with one attached hydrogen (secondary N) is 1. The molecule has 1 N–H and O–H groups in total. The molecule has 3 heterocycles. The summed E-state index contributed by atoms with van der Waals surface area (Å²) in [6.07, 6.45) is 8.35. The number of carbonyl (C=O) groups excluding carboxylic acids is 4. The average molecular weight is 2080 g/mol. The normalized spacial score (nSPS) is 23.7. The smallest absolute Gasteiger partial charge is 0.463 e. The standard InChI is InChI=1S/C93H165N6O35P5/c1-18-43-106-63-85(65-130-138(104,126-19-2)127-57-32-38-94)64-107-44-37-59-129-139(105,128-58-33-39-95)131-72-93(69-108-45-34-54-120-135(123-60-40-96-15)117-51-29-23-20-26-48-111-90-79(9)73(3)75(5)86(132-90)66-114-82(12)101,70-109-46-35-55-121-136(124-61-41-97-16)118-52-30-24-21-27-49-112-91-80(10)74(4)76(6)87(133-91)67-115-83(13)102)71-110-47-36-56-122-137(125-62-42-98-17)119-53-31-25-22-28-50-113-92-89(99-81(11)100)78(8)77(7)88(134-92)68-116-84(14)103/h73-80,85-92H,18-37,40-72H2,1-14H3,(H,99,100)/t73-,74-,75+,76+,77+,78-,79?,80?,85?,86?,87?,88?,89?,90+,91+,92+,93?,135?,136?,137?,138?,139?/m0/s1. The fourth-order valence-electron chi connectivity index (χ4n) is 14.2. The first-order valence-electron chi connectivity index (χ1n) is 49.3. The van der Waals surface area contributed by atoms with Gasteiger partial charge in [-0.2, -0.15) is 10.5 Å². The van der Waals surface area contributed by atoms with Gasteiger partial charge in [0.25, 0.3) is 0 Å². The maximum Gasteiger partial charge on any atom is 0.474 e. The van der Waals surface area contributed by atoms with Crippen LogP contribution < -0.4 is 5.32 Å². The van der Waals surface area contributed by atoms with E-state index in [1.165, 1.54) is 27.7 Å².